The first-order chi connectivity index (χ1) is 11.6. The summed E-state index contributed by atoms with van der Waals surface area (Å²) in [6, 6.07) is 4.97. The van der Waals surface area contributed by atoms with Gasteiger partial charge >= 0.3 is 0 Å². The summed E-state index contributed by atoms with van der Waals surface area (Å²) in [5.74, 6) is 1.07. The first-order valence-electron chi connectivity index (χ1n) is 7.88. The van der Waals surface area contributed by atoms with Gasteiger partial charge in [0.2, 0.25) is 10.0 Å². The molecule has 2 aliphatic rings. The summed E-state index contributed by atoms with van der Waals surface area (Å²) in [7, 11) is -3.54. The molecule has 1 aromatic heterocycles. The maximum absolute atomic E-state index is 12.9. The molecule has 1 fully saturated rings. The Hall–Kier alpha value is -2.13. The number of hydrogen-bond donors (Lipinski definition) is 0. The highest BCUT2D eigenvalue weighted by Gasteiger charge is 2.31. The Morgan fingerprint density at radius 2 is 1.83 bits per heavy atom. The summed E-state index contributed by atoms with van der Waals surface area (Å²) in [4.78, 5) is 4.19. The van der Waals surface area contributed by atoms with Gasteiger partial charge in [0.25, 0.3) is 0 Å². The lowest BCUT2D eigenvalue weighted by molar-refractivity contribution is 0.171. The fourth-order valence-electron chi connectivity index (χ4n) is 3.09. The second-order valence-corrected chi connectivity index (χ2v) is 7.75. The third-order valence-electron chi connectivity index (χ3n) is 4.39. The summed E-state index contributed by atoms with van der Waals surface area (Å²) in [5, 5.41) is 4.14. The van der Waals surface area contributed by atoms with Crippen LogP contribution in [-0.2, 0) is 10.0 Å². The molecule has 0 radical (unpaired) electrons. The molecule has 0 atom stereocenters. The molecular weight excluding hydrogens is 332 g/mol. The minimum Gasteiger partial charge on any atom is -0.486 e. The fourth-order valence-corrected chi connectivity index (χ4v) is 4.57. The monoisotopic (exact) mass is 350 g/mol. The number of ether oxygens (including phenoxy) is 2. The van der Waals surface area contributed by atoms with Crippen molar-refractivity contribution in [3.05, 3.63) is 30.9 Å². The normalized spacial score (nSPS) is 19.3. The molecule has 24 heavy (non-hydrogen) atoms. The minimum absolute atomic E-state index is 0.194. The van der Waals surface area contributed by atoms with E-state index in [4.69, 9.17) is 9.47 Å². The number of aromatic nitrogens is 3. The molecule has 0 aliphatic carbocycles. The van der Waals surface area contributed by atoms with E-state index in [9.17, 15) is 8.42 Å². The van der Waals surface area contributed by atoms with E-state index in [0.29, 0.717) is 50.6 Å². The molecule has 3 heterocycles. The van der Waals surface area contributed by atoms with Crippen LogP contribution in [0.5, 0.6) is 11.5 Å². The summed E-state index contributed by atoms with van der Waals surface area (Å²) in [6.07, 6.45) is 4.61. The molecule has 2 aliphatic heterocycles. The van der Waals surface area contributed by atoms with Crippen molar-refractivity contribution in [3.8, 4) is 11.5 Å². The van der Waals surface area contributed by atoms with Crippen LogP contribution in [-0.4, -0.2) is 53.8 Å². The van der Waals surface area contributed by atoms with Crippen LogP contribution >= 0.6 is 0 Å². The minimum atomic E-state index is -3.54. The van der Waals surface area contributed by atoms with E-state index in [0.717, 1.165) is 0 Å². The van der Waals surface area contributed by atoms with E-state index < -0.39 is 10.0 Å². The van der Waals surface area contributed by atoms with Gasteiger partial charge in [0, 0.05) is 19.2 Å². The summed E-state index contributed by atoms with van der Waals surface area (Å²) in [5.41, 5.74) is 0. The van der Waals surface area contributed by atoms with Crippen molar-refractivity contribution in [1.29, 1.82) is 0 Å². The van der Waals surface area contributed by atoms with Gasteiger partial charge in [-0.3, -0.25) is 0 Å². The van der Waals surface area contributed by atoms with Crippen LogP contribution in [0.4, 0.5) is 0 Å². The largest absolute Gasteiger partial charge is 0.486 e. The number of fused-ring (bicyclic) bond motifs is 1. The van der Waals surface area contributed by atoms with E-state index >= 15 is 0 Å². The summed E-state index contributed by atoms with van der Waals surface area (Å²) >= 11 is 0. The smallest absolute Gasteiger partial charge is 0.243 e. The highest BCUT2D eigenvalue weighted by Crippen LogP contribution is 2.34. The zero-order valence-corrected chi connectivity index (χ0v) is 13.9. The van der Waals surface area contributed by atoms with Crippen LogP contribution < -0.4 is 9.47 Å². The van der Waals surface area contributed by atoms with E-state index in [-0.39, 0.29) is 10.9 Å². The molecule has 128 valence electrons. The highest BCUT2D eigenvalue weighted by molar-refractivity contribution is 7.89. The van der Waals surface area contributed by atoms with Crippen LogP contribution in [0, 0.1) is 0 Å². The lowest BCUT2D eigenvalue weighted by Gasteiger charge is -2.31. The van der Waals surface area contributed by atoms with Gasteiger partial charge in [0.1, 0.15) is 25.9 Å². The van der Waals surface area contributed by atoms with Gasteiger partial charge in [-0.2, -0.15) is 9.40 Å². The van der Waals surface area contributed by atoms with Crippen LogP contribution in [0.1, 0.15) is 18.9 Å². The SMILES string of the molecule is O=S(=O)(c1ccc2c(c1)OCCO2)N1CCC(n2cncn2)CC1. The Morgan fingerprint density at radius 3 is 2.54 bits per heavy atom. The van der Waals surface area contributed by atoms with E-state index in [1.165, 1.54) is 10.6 Å². The van der Waals surface area contributed by atoms with Crippen molar-refractivity contribution in [2.24, 2.45) is 0 Å². The lowest BCUT2D eigenvalue weighted by atomic mass is 10.1. The van der Waals surface area contributed by atoms with E-state index in [1.54, 1.807) is 29.2 Å². The van der Waals surface area contributed by atoms with Gasteiger partial charge in [0.15, 0.2) is 11.5 Å². The van der Waals surface area contributed by atoms with Crippen molar-refractivity contribution in [2.45, 2.75) is 23.8 Å². The molecule has 0 saturated carbocycles. The molecule has 2 aromatic rings. The average Bonchev–Trinajstić information content (AvgIpc) is 3.16. The summed E-state index contributed by atoms with van der Waals surface area (Å²) < 4.78 is 40.0. The number of piperidine rings is 1. The molecule has 8 nitrogen and oxygen atoms in total. The topological polar surface area (TPSA) is 86.6 Å². The average molecular weight is 350 g/mol. The van der Waals surface area contributed by atoms with Gasteiger partial charge in [0.05, 0.1) is 10.9 Å². The molecule has 0 amide bonds. The van der Waals surface area contributed by atoms with Crippen LogP contribution in [0.15, 0.2) is 35.7 Å². The van der Waals surface area contributed by atoms with Crippen molar-refractivity contribution in [1.82, 2.24) is 19.1 Å². The third kappa shape index (κ3) is 2.73. The molecule has 0 unspecified atom stereocenters. The zero-order valence-electron chi connectivity index (χ0n) is 13.0. The Labute approximate surface area is 140 Å². The standard InChI is InChI=1S/C15H18N4O4S/c20-24(21,13-1-2-14-15(9-13)23-8-7-22-14)18-5-3-12(4-6-18)19-11-16-10-17-19/h1-2,9-12H,3-8H2. The highest BCUT2D eigenvalue weighted by atomic mass is 32.2. The molecule has 0 spiro atoms. The number of rotatable bonds is 3. The van der Waals surface area contributed by atoms with E-state index in [1.807, 2.05) is 0 Å². The number of benzene rings is 1. The van der Waals surface area contributed by atoms with Crippen LogP contribution in [0.2, 0.25) is 0 Å². The maximum Gasteiger partial charge on any atom is 0.243 e. The molecule has 0 N–H and O–H groups in total. The van der Waals surface area contributed by atoms with E-state index in [2.05, 4.69) is 10.1 Å². The molecule has 4 rings (SSSR count). The third-order valence-corrected chi connectivity index (χ3v) is 6.28. The maximum atomic E-state index is 12.9. The Morgan fingerprint density at radius 1 is 1.08 bits per heavy atom. The van der Waals surface area contributed by atoms with Crippen LogP contribution in [0.25, 0.3) is 0 Å². The molecule has 9 heteroatoms. The summed E-state index contributed by atoms with van der Waals surface area (Å²) in [6.45, 7) is 1.83. The predicted octanol–water partition coefficient (Wildman–Crippen LogP) is 1.08. The quantitative estimate of drug-likeness (QED) is 0.823. The second kappa shape index (κ2) is 6.06. The molecule has 1 aromatic carbocycles. The Bertz CT molecular complexity index is 814. The first-order valence-corrected chi connectivity index (χ1v) is 9.32. The lowest BCUT2D eigenvalue weighted by Crippen LogP contribution is -2.39. The predicted molar refractivity (Wildman–Crippen MR) is 84.5 cm³/mol. The molecule has 1 saturated heterocycles. The van der Waals surface area contributed by atoms with Crippen molar-refractivity contribution in [3.63, 3.8) is 0 Å². The Kier molecular flexibility index (Phi) is 3.89. The number of nitrogens with zero attached hydrogens (tertiary/aromatic N) is 4. The van der Waals surface area contributed by atoms with Gasteiger partial charge in [-0.1, -0.05) is 0 Å². The fraction of sp³-hybridized carbons (Fsp3) is 0.467. The van der Waals surface area contributed by atoms with Crippen molar-refractivity contribution >= 4 is 10.0 Å². The molecular formula is C15H18N4O4S. The number of sulfonamides is 1. The Balaban J connectivity index is 1.51. The van der Waals surface area contributed by atoms with Gasteiger partial charge < -0.3 is 9.47 Å². The first kappa shape index (κ1) is 15.4. The van der Waals surface area contributed by atoms with Crippen molar-refractivity contribution < 1.29 is 17.9 Å². The van der Waals surface area contributed by atoms with Gasteiger partial charge in [-0.15, -0.1) is 0 Å². The van der Waals surface area contributed by atoms with Crippen molar-refractivity contribution in [2.75, 3.05) is 26.3 Å². The van der Waals surface area contributed by atoms with Gasteiger partial charge in [-0.05, 0) is 25.0 Å². The van der Waals surface area contributed by atoms with Crippen LogP contribution in [0.3, 0.4) is 0 Å². The second-order valence-electron chi connectivity index (χ2n) is 5.82. The number of hydrogen-bond acceptors (Lipinski definition) is 6. The zero-order chi connectivity index (χ0) is 16.6. The van der Waals surface area contributed by atoms with Gasteiger partial charge in [-0.25, -0.2) is 18.1 Å². The molecule has 0 bridgehead atoms.